The van der Waals surface area contributed by atoms with Crippen LogP contribution >= 0.6 is 0 Å². The second-order valence-corrected chi connectivity index (χ2v) is 41.2. The number of carbonyl (C=O) groups is 9. The maximum atomic E-state index is 16.0. The number of aliphatic carboxylic acids is 2. The maximum absolute atomic E-state index is 16.0. The van der Waals surface area contributed by atoms with Crippen LogP contribution < -0.4 is 28.4 Å². The van der Waals surface area contributed by atoms with E-state index in [9.17, 15) is 53.4 Å². The zero-order chi connectivity index (χ0) is 95.2. The van der Waals surface area contributed by atoms with E-state index in [-0.39, 0.29) is 164 Å². The average Bonchev–Trinajstić information content (AvgIpc) is 1.66. The number of rotatable bonds is 6. The highest BCUT2D eigenvalue weighted by atomic mass is 19.3. The lowest BCUT2D eigenvalue weighted by Gasteiger charge is -2.35. The van der Waals surface area contributed by atoms with Crippen molar-refractivity contribution in [2.75, 3.05) is 41.0 Å². The van der Waals surface area contributed by atoms with E-state index in [2.05, 4.69) is 24.9 Å². The minimum Gasteiger partial charge on any atom is -0.497 e. The number of methoxy groups -OCH3 is 3. The fourth-order valence-electron chi connectivity index (χ4n) is 18.9. The lowest BCUT2D eigenvalue weighted by atomic mass is 9.77. The van der Waals surface area contributed by atoms with Crippen LogP contribution in [0.3, 0.4) is 0 Å². The summed E-state index contributed by atoms with van der Waals surface area (Å²) < 4.78 is 121. The first-order valence-corrected chi connectivity index (χ1v) is 46.0. The highest BCUT2D eigenvalue weighted by Gasteiger charge is 2.57. The Morgan fingerprint density at radius 3 is 1.04 bits per heavy atom. The molecule has 6 fully saturated rings. The Kier molecular flexibility index (Phi) is 34.8. The lowest BCUT2D eigenvalue weighted by molar-refractivity contribution is -0.166. The van der Waals surface area contributed by atoms with Gasteiger partial charge in [0.2, 0.25) is 35.4 Å². The number of carboxylic acids is 2. The molecule has 9 aliphatic rings. The highest BCUT2D eigenvalue weighted by Crippen LogP contribution is 2.49. The Balaban J connectivity index is 0.000000224. The first-order chi connectivity index (χ1) is 61.6. The fraction of sp³-hybridized carbons (Fsp3) is 0.673. The van der Waals surface area contributed by atoms with Crippen LogP contribution in [0, 0.1) is 69.5 Å². The van der Waals surface area contributed by atoms with E-state index < -0.39 is 178 Å². The van der Waals surface area contributed by atoms with E-state index >= 15 is 17.6 Å². The molecule has 3 saturated heterocycles. The van der Waals surface area contributed by atoms with Gasteiger partial charge >= 0.3 is 35.8 Å². The van der Waals surface area contributed by atoms with Gasteiger partial charge < -0.3 is 72.3 Å². The molecule has 6 aliphatic heterocycles. The molecule has 3 saturated carbocycles. The molecule has 3 aromatic heterocycles. The molecule has 9 heterocycles. The van der Waals surface area contributed by atoms with Gasteiger partial charge in [0.05, 0.1) is 111 Å². The Morgan fingerprint density at radius 1 is 0.407 bits per heavy atom. The standard InChI is InChI=1S/C35H48FN3O7.C31H39F2N3O7.C31H40FN3O7.4CH4/c1-19-27-18-39(30(19)33(42)46-35(5,6)7)32(41)22(34(2,3)4)17-28(40)44-26-15-20(26)11-9-10-12-23(36)29-31(45-27)38-25-16-21(43-8)13-14-24(25)37-29;1-16-23-15-36(25(16)29(39)40)28(38)19(30(2,3)4)14-24(37)42-22-12-17(22)8-6-7-11-31(32,33)26-27(43-23)35-21-13-18(41-5)9-10-20(21)34-26;1-16-24-15-35(27(16)30(38)39)29(37)19(31(2,3)4)14-25(36)41-23-12-17(23)8-6-7-9-20(32)26-28(42-24)34-22-13-18(40-5)10-11-21(22)33-26;;;;/h13-14,16,19-20,22-23,26-27,30H,9-12,15,17-18H2,1-8H3;9-10,13,16-17,19,22-23,25H,6-8,11-12,14-15H2,1-5H3,(H,39,40);10-11,13,16-17,19-20,23-24,27H,6-9,12,14-15H2,1-5H3,(H,38,39);4*1H4/t19-,20-,22-,23?,26-,27+,30+;16-,17-,19-,22-,23+,25+;16-,17-,19-,20?,23-,24+,27+;;;;/m111..../s1. The molecule has 135 heavy (non-hydrogen) atoms. The summed E-state index contributed by atoms with van der Waals surface area (Å²) in [5, 5.41) is 20.4. The van der Waals surface area contributed by atoms with Gasteiger partial charge in [0.15, 0.2) is 5.69 Å². The van der Waals surface area contributed by atoms with Crippen LogP contribution in [0.15, 0.2) is 54.6 Å². The predicted molar refractivity (Wildman–Crippen MR) is 497 cm³/mol. The van der Waals surface area contributed by atoms with E-state index in [1.807, 2.05) is 69.2 Å². The van der Waals surface area contributed by atoms with Crippen LogP contribution in [-0.4, -0.2) is 210 Å². The van der Waals surface area contributed by atoms with E-state index in [0.717, 1.165) is 38.5 Å². The topological polar surface area (TPSA) is 373 Å². The first kappa shape index (κ1) is 108. The van der Waals surface area contributed by atoms with Gasteiger partial charge in [0.1, 0.15) is 101 Å². The van der Waals surface area contributed by atoms with Crippen molar-refractivity contribution < 1.29 is 118 Å². The number of carboxylic acid groups (broad SMARTS) is 2. The molecule has 2 N–H and O–H groups in total. The Hall–Kier alpha value is -10.6. The Labute approximate surface area is 790 Å². The number of benzene rings is 3. The third-order valence-electron chi connectivity index (χ3n) is 27.1. The average molecular weight is 1900 g/mol. The number of esters is 4. The number of aromatic nitrogens is 6. The second kappa shape index (κ2) is 43.4. The summed E-state index contributed by atoms with van der Waals surface area (Å²) in [6, 6.07) is 11.5. The van der Waals surface area contributed by atoms with Crippen LogP contribution in [0.1, 0.15) is 279 Å². The van der Waals surface area contributed by atoms with E-state index in [1.54, 1.807) is 96.3 Å². The van der Waals surface area contributed by atoms with Crippen molar-refractivity contribution in [2.45, 2.75) is 328 Å². The largest absolute Gasteiger partial charge is 0.497 e. The zero-order valence-electron chi connectivity index (χ0n) is 78.3. The molecular formula is C101H143F4N9O21. The molecule has 15 rings (SSSR count). The van der Waals surface area contributed by atoms with Gasteiger partial charge in [-0.2, -0.15) is 8.78 Å². The quantitative estimate of drug-likeness (QED) is 0.0888. The number of amides is 3. The highest BCUT2D eigenvalue weighted by molar-refractivity contribution is 5.92. The van der Waals surface area contributed by atoms with E-state index in [1.165, 1.54) is 28.9 Å². The molecule has 30 nitrogen and oxygen atoms in total. The number of nitrogens with zero attached hydrogens (tertiary/aromatic N) is 9. The normalized spacial score (nSPS) is 29.2. The smallest absolute Gasteiger partial charge is 0.329 e. The van der Waals surface area contributed by atoms with Gasteiger partial charge in [-0.1, -0.05) is 145 Å². The Bertz CT molecular complexity index is 5250. The molecule has 2 unspecified atom stereocenters. The monoisotopic (exact) mass is 1890 g/mol. The molecule has 0 radical (unpaired) electrons. The Morgan fingerprint density at radius 2 is 0.711 bits per heavy atom. The number of carbonyl (C=O) groups excluding carboxylic acids is 7. The van der Waals surface area contributed by atoms with Crippen molar-refractivity contribution in [1.29, 1.82) is 0 Å². The number of fused-ring (bicyclic) bond motifs is 15. The summed E-state index contributed by atoms with van der Waals surface area (Å²) in [6.07, 6.45) is 1.37. The second-order valence-electron chi connectivity index (χ2n) is 41.2. The fourth-order valence-corrected chi connectivity index (χ4v) is 18.9. The summed E-state index contributed by atoms with van der Waals surface area (Å²) in [5.41, 5.74) is -0.797. The molecule has 0 spiro atoms. The molecule has 20 atom stereocenters. The van der Waals surface area contributed by atoms with Crippen molar-refractivity contribution in [2.24, 2.45) is 69.5 Å². The van der Waals surface area contributed by atoms with E-state index in [0.29, 0.717) is 71.4 Å². The van der Waals surface area contributed by atoms with Gasteiger partial charge in [-0.05, 0) is 149 Å². The number of halogens is 4. The molecule has 746 valence electrons. The zero-order valence-corrected chi connectivity index (χ0v) is 78.3. The third kappa shape index (κ3) is 25.4. The van der Waals surface area contributed by atoms with Crippen molar-refractivity contribution >= 4 is 86.6 Å². The minimum absolute atomic E-state index is 0. The van der Waals surface area contributed by atoms with E-state index in [4.69, 9.17) is 52.4 Å². The third-order valence-corrected chi connectivity index (χ3v) is 27.1. The van der Waals surface area contributed by atoms with Crippen molar-refractivity contribution in [1.82, 2.24) is 44.6 Å². The molecular weight excluding hydrogens is 1750 g/mol. The molecule has 3 aromatic carbocycles. The lowest BCUT2D eigenvalue weighted by Crippen LogP contribution is -2.50. The molecule has 6 aromatic rings. The summed E-state index contributed by atoms with van der Waals surface area (Å²) >= 11 is 0. The summed E-state index contributed by atoms with van der Waals surface area (Å²) in [4.78, 5) is 151. The van der Waals surface area contributed by atoms with Crippen LogP contribution in [0.4, 0.5) is 17.6 Å². The number of ether oxygens (including phenoxy) is 10. The minimum atomic E-state index is -3.39. The van der Waals surface area contributed by atoms with Crippen molar-refractivity contribution in [3.63, 3.8) is 0 Å². The summed E-state index contributed by atoms with van der Waals surface area (Å²) in [6.45, 7) is 26.9. The van der Waals surface area contributed by atoms with Gasteiger partial charge in [0.25, 0.3) is 5.92 Å². The van der Waals surface area contributed by atoms with Crippen LogP contribution in [0.2, 0.25) is 0 Å². The van der Waals surface area contributed by atoms with Crippen LogP contribution in [-0.2, 0) is 68.0 Å². The van der Waals surface area contributed by atoms with Crippen molar-refractivity contribution in [3.05, 3.63) is 71.7 Å². The number of alkyl halides is 4. The van der Waals surface area contributed by atoms with Crippen LogP contribution in [0.5, 0.6) is 34.9 Å². The summed E-state index contributed by atoms with van der Waals surface area (Å²) in [5.74, 6) is -11.8. The van der Waals surface area contributed by atoms with Gasteiger partial charge in [-0.3, -0.25) is 28.8 Å². The van der Waals surface area contributed by atoms with Crippen LogP contribution in [0.25, 0.3) is 33.1 Å². The number of hydrogen-bond acceptors (Lipinski definition) is 25. The molecule has 3 aliphatic carbocycles. The summed E-state index contributed by atoms with van der Waals surface area (Å²) in [7, 11) is 4.55. The molecule has 3 amide bonds. The first-order valence-electron chi connectivity index (χ1n) is 46.0. The number of hydrogen-bond donors (Lipinski definition) is 2. The molecule has 6 bridgehead atoms. The predicted octanol–water partition coefficient (Wildman–Crippen LogP) is 18.5. The van der Waals surface area contributed by atoms with Gasteiger partial charge in [0, 0.05) is 42.4 Å². The van der Waals surface area contributed by atoms with Gasteiger partial charge in [-0.25, -0.2) is 53.1 Å². The van der Waals surface area contributed by atoms with Crippen molar-refractivity contribution in [3.8, 4) is 34.9 Å². The molecule has 34 heteroatoms. The SMILES string of the molecule is C.C.C.C.COc1ccc2nc3c(nc2c1)O[C@H]1CN(C(=O)[C@H](C(C)(C)C)CC(=O)O[C@@H]2C[C@H]2CCCCC3(F)F)[C@H](C(=O)O)[C@@H]1C.COc1ccc2nc3c(nc2c1)O[C@H]1CN(C(=O)[C@H](C(C)(C)C)CC(=O)O[C@@H]2C[C@H]2CCCCC3F)[C@H](C(=O)O)[C@@H]1C.COc1ccc2nc3c(nc2c1)O[C@H]1CN(C(=O)[C@H](C(C)(C)C)CC(=O)O[C@@H]2C[C@H]2CCCCC3F)[C@H](C(=O)OC(C)(C)C)[C@@H]1C. The van der Waals surface area contributed by atoms with Gasteiger partial charge in [-0.15, -0.1) is 0 Å². The maximum Gasteiger partial charge on any atom is 0.329 e.